The Kier molecular flexibility index (Phi) is 3.70. The highest BCUT2D eigenvalue weighted by Gasteiger charge is 2.27. The van der Waals surface area contributed by atoms with Gasteiger partial charge in [0.05, 0.1) is 6.61 Å². The number of hydrogen-bond donors (Lipinski definition) is 1. The highest BCUT2D eigenvalue weighted by Crippen LogP contribution is 2.04. The fourth-order valence-electron chi connectivity index (χ4n) is 1.06. The molecule has 1 rings (SSSR count). The van der Waals surface area contributed by atoms with Crippen molar-refractivity contribution in [2.75, 3.05) is 19.8 Å². The second-order valence-corrected chi connectivity index (χ2v) is 2.71. The summed E-state index contributed by atoms with van der Waals surface area (Å²) in [6.45, 7) is 2.68. The maximum absolute atomic E-state index is 11.1. The number of esters is 1. The van der Waals surface area contributed by atoms with E-state index in [1.54, 1.807) is 6.92 Å². The number of hydrogen-bond acceptors (Lipinski definition) is 4. The first-order valence-electron chi connectivity index (χ1n) is 4.27. The average Bonchev–Trinajstić information content (AvgIpc) is 2.48. The summed E-state index contributed by atoms with van der Waals surface area (Å²) in [5, 5.41) is 2.52. The van der Waals surface area contributed by atoms with E-state index in [9.17, 15) is 9.59 Å². The molecule has 1 N–H and O–H groups in total. The Labute approximate surface area is 76.4 Å². The molecule has 1 aliphatic rings. The smallest absolute Gasteiger partial charge is 0.328 e. The fourth-order valence-corrected chi connectivity index (χ4v) is 1.06. The van der Waals surface area contributed by atoms with Crippen molar-refractivity contribution < 1.29 is 19.1 Å². The molecular weight excluding hydrogens is 174 g/mol. The molecule has 0 aromatic heterocycles. The van der Waals surface area contributed by atoms with E-state index < -0.39 is 6.04 Å². The van der Waals surface area contributed by atoms with Gasteiger partial charge in [0.25, 0.3) is 0 Å². The van der Waals surface area contributed by atoms with Crippen LogP contribution in [0.3, 0.4) is 0 Å². The first kappa shape index (κ1) is 9.98. The van der Waals surface area contributed by atoms with Crippen LogP contribution in [0.5, 0.6) is 0 Å². The quantitative estimate of drug-likeness (QED) is 0.600. The molecule has 0 spiro atoms. The van der Waals surface area contributed by atoms with Crippen LogP contribution >= 0.6 is 0 Å². The lowest BCUT2D eigenvalue weighted by Crippen LogP contribution is -2.39. The van der Waals surface area contributed by atoms with Gasteiger partial charge in [0.1, 0.15) is 12.6 Å². The van der Waals surface area contributed by atoms with Gasteiger partial charge in [-0.2, -0.15) is 0 Å². The maximum atomic E-state index is 11.1. The van der Waals surface area contributed by atoms with Gasteiger partial charge in [-0.3, -0.25) is 4.79 Å². The van der Waals surface area contributed by atoms with E-state index in [1.807, 2.05) is 0 Å². The third-order valence-electron chi connectivity index (χ3n) is 1.71. The third kappa shape index (κ3) is 3.02. The number of cyclic esters (lactones) is 1. The van der Waals surface area contributed by atoms with Crippen molar-refractivity contribution in [2.24, 2.45) is 0 Å². The molecule has 0 radical (unpaired) electrons. The Balaban J connectivity index is 2.23. The summed E-state index contributed by atoms with van der Waals surface area (Å²) in [6.07, 6.45) is 0.552. The third-order valence-corrected chi connectivity index (χ3v) is 1.71. The largest absolute Gasteiger partial charge is 0.464 e. The monoisotopic (exact) mass is 187 g/mol. The van der Waals surface area contributed by atoms with Crippen LogP contribution in [0.15, 0.2) is 0 Å². The van der Waals surface area contributed by atoms with Crippen LogP contribution in [0.4, 0.5) is 0 Å². The van der Waals surface area contributed by atoms with Crippen molar-refractivity contribution in [3.8, 4) is 0 Å². The molecule has 1 atom stereocenters. The molecular formula is C8H13NO4. The van der Waals surface area contributed by atoms with Crippen molar-refractivity contribution in [1.29, 1.82) is 0 Å². The Morgan fingerprint density at radius 2 is 2.54 bits per heavy atom. The Morgan fingerprint density at radius 3 is 3.08 bits per heavy atom. The molecule has 0 bridgehead atoms. The predicted octanol–water partition coefficient (Wildman–Crippen LogP) is -0.545. The molecule has 1 fully saturated rings. The lowest BCUT2D eigenvalue weighted by atomic mass is 10.2. The van der Waals surface area contributed by atoms with Gasteiger partial charge in [-0.1, -0.05) is 0 Å². The molecule has 0 aliphatic carbocycles. The lowest BCUT2D eigenvalue weighted by Gasteiger charge is -2.07. The molecule has 1 saturated heterocycles. The van der Waals surface area contributed by atoms with Gasteiger partial charge in [0, 0.05) is 13.0 Å². The van der Waals surface area contributed by atoms with E-state index in [4.69, 9.17) is 4.74 Å². The van der Waals surface area contributed by atoms with E-state index in [0.29, 0.717) is 19.6 Å². The van der Waals surface area contributed by atoms with E-state index in [2.05, 4.69) is 10.1 Å². The Bertz CT molecular complexity index is 204. The van der Waals surface area contributed by atoms with Crippen LogP contribution in [0.2, 0.25) is 0 Å². The molecule has 1 heterocycles. The van der Waals surface area contributed by atoms with Gasteiger partial charge in [-0.05, 0) is 6.92 Å². The first-order valence-corrected chi connectivity index (χ1v) is 4.27. The highest BCUT2D eigenvalue weighted by molar-refractivity contribution is 5.85. The summed E-state index contributed by atoms with van der Waals surface area (Å²) < 4.78 is 9.55. The molecule has 0 aromatic rings. The van der Waals surface area contributed by atoms with Crippen LogP contribution in [0.25, 0.3) is 0 Å². The van der Waals surface area contributed by atoms with E-state index in [-0.39, 0.29) is 18.5 Å². The SMILES string of the molecule is CCOCC(=O)NC1CCOC1=O. The van der Waals surface area contributed by atoms with Crippen LogP contribution in [0.1, 0.15) is 13.3 Å². The summed E-state index contributed by atoms with van der Waals surface area (Å²) in [7, 11) is 0. The summed E-state index contributed by atoms with van der Waals surface area (Å²) in [5.41, 5.74) is 0. The predicted molar refractivity (Wildman–Crippen MR) is 44.0 cm³/mol. The van der Waals surface area contributed by atoms with Gasteiger partial charge >= 0.3 is 5.97 Å². The molecule has 0 saturated carbocycles. The minimum Gasteiger partial charge on any atom is -0.464 e. The van der Waals surface area contributed by atoms with Gasteiger partial charge < -0.3 is 14.8 Å². The summed E-state index contributed by atoms with van der Waals surface area (Å²) in [5.74, 6) is -0.629. The lowest BCUT2D eigenvalue weighted by molar-refractivity contribution is -0.141. The number of nitrogens with one attached hydrogen (secondary N) is 1. The molecule has 1 amide bonds. The zero-order valence-corrected chi connectivity index (χ0v) is 7.54. The van der Waals surface area contributed by atoms with Crippen LogP contribution in [0, 0.1) is 0 Å². The second kappa shape index (κ2) is 4.81. The van der Waals surface area contributed by atoms with E-state index in [1.165, 1.54) is 0 Å². The summed E-state index contributed by atoms with van der Waals surface area (Å²) >= 11 is 0. The molecule has 5 heteroatoms. The number of amides is 1. The zero-order chi connectivity index (χ0) is 9.68. The topological polar surface area (TPSA) is 64.6 Å². The number of carbonyl (C=O) groups is 2. The first-order chi connectivity index (χ1) is 6.24. The van der Waals surface area contributed by atoms with Crippen molar-refractivity contribution in [3.05, 3.63) is 0 Å². The normalized spacial score (nSPS) is 21.3. The second-order valence-electron chi connectivity index (χ2n) is 2.71. The van der Waals surface area contributed by atoms with Crippen molar-refractivity contribution in [3.63, 3.8) is 0 Å². The number of rotatable bonds is 4. The number of carbonyl (C=O) groups excluding carboxylic acids is 2. The summed E-state index contributed by atoms with van der Waals surface area (Å²) in [6, 6.07) is -0.479. The minimum absolute atomic E-state index is 0.000278. The average molecular weight is 187 g/mol. The van der Waals surface area contributed by atoms with Gasteiger partial charge in [0.2, 0.25) is 5.91 Å². The van der Waals surface area contributed by atoms with Gasteiger partial charge in [-0.15, -0.1) is 0 Å². The molecule has 5 nitrogen and oxygen atoms in total. The van der Waals surface area contributed by atoms with Crippen molar-refractivity contribution in [2.45, 2.75) is 19.4 Å². The van der Waals surface area contributed by atoms with E-state index >= 15 is 0 Å². The highest BCUT2D eigenvalue weighted by atomic mass is 16.5. The molecule has 1 unspecified atom stereocenters. The van der Waals surface area contributed by atoms with Gasteiger partial charge in [0.15, 0.2) is 0 Å². The molecule has 13 heavy (non-hydrogen) atoms. The molecule has 1 aliphatic heterocycles. The molecule has 74 valence electrons. The standard InChI is InChI=1S/C8H13NO4/c1-2-12-5-7(10)9-6-3-4-13-8(6)11/h6H,2-5H2,1H3,(H,9,10). The molecule has 0 aromatic carbocycles. The van der Waals surface area contributed by atoms with E-state index in [0.717, 1.165) is 0 Å². The zero-order valence-electron chi connectivity index (χ0n) is 7.54. The van der Waals surface area contributed by atoms with Gasteiger partial charge in [-0.25, -0.2) is 4.79 Å². The number of ether oxygens (including phenoxy) is 2. The maximum Gasteiger partial charge on any atom is 0.328 e. The minimum atomic E-state index is -0.479. The van der Waals surface area contributed by atoms with Crippen LogP contribution < -0.4 is 5.32 Å². The Morgan fingerprint density at radius 1 is 1.77 bits per heavy atom. The Hall–Kier alpha value is -1.10. The fraction of sp³-hybridized carbons (Fsp3) is 0.750. The summed E-state index contributed by atoms with van der Waals surface area (Å²) in [4.78, 5) is 22.0. The van der Waals surface area contributed by atoms with Crippen LogP contribution in [-0.4, -0.2) is 37.7 Å². The van der Waals surface area contributed by atoms with Crippen LogP contribution in [-0.2, 0) is 19.1 Å². The van der Waals surface area contributed by atoms with Crippen molar-refractivity contribution in [1.82, 2.24) is 5.32 Å². The van der Waals surface area contributed by atoms with Crippen molar-refractivity contribution >= 4 is 11.9 Å².